The van der Waals surface area contributed by atoms with Gasteiger partial charge >= 0.3 is 0 Å². The molecule has 3 aromatic carbocycles. The summed E-state index contributed by atoms with van der Waals surface area (Å²) < 4.78 is 28.2. The quantitative estimate of drug-likeness (QED) is 0.568. The summed E-state index contributed by atoms with van der Waals surface area (Å²) in [7, 11) is -3.83. The van der Waals surface area contributed by atoms with Crippen LogP contribution in [0.1, 0.15) is 23.6 Å². The number of carbonyl (C=O) groups is 1. The molecule has 5 nitrogen and oxygen atoms in total. The van der Waals surface area contributed by atoms with Gasteiger partial charge in [-0.3, -0.25) is 4.79 Å². The molecular formula is C22H21ClN2O3S. The SMILES string of the molecule is O=C(CC(NS(=O)(=O)c1ccc(Cl)cc1)c1ccccc1)NCc1ccccc1. The van der Waals surface area contributed by atoms with Gasteiger partial charge in [0.05, 0.1) is 10.9 Å². The topological polar surface area (TPSA) is 75.3 Å². The van der Waals surface area contributed by atoms with Gasteiger partial charge < -0.3 is 5.32 Å². The van der Waals surface area contributed by atoms with Gasteiger partial charge in [-0.15, -0.1) is 0 Å². The third kappa shape index (κ3) is 6.15. The summed E-state index contributed by atoms with van der Waals surface area (Å²) in [6.07, 6.45) is -0.0241. The smallest absolute Gasteiger partial charge is 0.241 e. The van der Waals surface area contributed by atoms with Gasteiger partial charge in [0, 0.05) is 18.0 Å². The molecule has 2 N–H and O–H groups in total. The van der Waals surface area contributed by atoms with E-state index in [0.29, 0.717) is 17.1 Å². The highest BCUT2D eigenvalue weighted by atomic mass is 35.5. The van der Waals surface area contributed by atoms with Gasteiger partial charge in [-0.05, 0) is 35.4 Å². The minimum atomic E-state index is -3.83. The molecule has 0 aliphatic heterocycles. The first-order chi connectivity index (χ1) is 13.9. The number of sulfonamides is 1. The van der Waals surface area contributed by atoms with Crippen LogP contribution >= 0.6 is 11.6 Å². The molecule has 3 aromatic rings. The molecule has 29 heavy (non-hydrogen) atoms. The van der Waals surface area contributed by atoms with E-state index in [-0.39, 0.29) is 17.2 Å². The Labute approximate surface area is 175 Å². The molecule has 0 saturated heterocycles. The number of hydrogen-bond acceptors (Lipinski definition) is 3. The Hall–Kier alpha value is -2.67. The fourth-order valence-electron chi connectivity index (χ4n) is 2.84. The second-order valence-corrected chi connectivity index (χ2v) is 8.66. The van der Waals surface area contributed by atoms with Crippen molar-refractivity contribution in [3.63, 3.8) is 0 Å². The van der Waals surface area contributed by atoms with Gasteiger partial charge in [-0.25, -0.2) is 13.1 Å². The molecule has 0 spiro atoms. The zero-order valence-corrected chi connectivity index (χ0v) is 17.2. The Morgan fingerprint density at radius 3 is 2.07 bits per heavy atom. The number of hydrogen-bond donors (Lipinski definition) is 2. The molecule has 0 heterocycles. The highest BCUT2D eigenvalue weighted by Crippen LogP contribution is 2.21. The molecule has 1 unspecified atom stereocenters. The van der Waals surface area contributed by atoms with Crippen LogP contribution in [0.5, 0.6) is 0 Å². The van der Waals surface area contributed by atoms with Crippen LogP contribution in [0.4, 0.5) is 0 Å². The number of nitrogens with one attached hydrogen (secondary N) is 2. The summed E-state index contributed by atoms with van der Waals surface area (Å²) in [5.41, 5.74) is 1.68. The van der Waals surface area contributed by atoms with Gasteiger partial charge in [0.25, 0.3) is 0 Å². The normalized spacial score (nSPS) is 12.3. The molecule has 0 radical (unpaired) electrons. The van der Waals surface area contributed by atoms with Crippen molar-refractivity contribution in [1.82, 2.24) is 10.0 Å². The maximum Gasteiger partial charge on any atom is 0.241 e. The minimum absolute atomic E-state index is 0.0241. The largest absolute Gasteiger partial charge is 0.352 e. The van der Waals surface area contributed by atoms with E-state index in [1.807, 2.05) is 36.4 Å². The first kappa shape index (κ1) is 21.0. The molecule has 0 aromatic heterocycles. The lowest BCUT2D eigenvalue weighted by Gasteiger charge is -2.19. The van der Waals surface area contributed by atoms with E-state index < -0.39 is 16.1 Å². The molecule has 1 atom stereocenters. The summed E-state index contributed by atoms with van der Waals surface area (Å²) in [5, 5.41) is 3.29. The molecule has 150 valence electrons. The van der Waals surface area contributed by atoms with Crippen LogP contribution in [0.15, 0.2) is 89.8 Å². The Bertz CT molecular complexity index is 1040. The molecule has 3 rings (SSSR count). The van der Waals surface area contributed by atoms with Crippen molar-refractivity contribution >= 4 is 27.5 Å². The van der Waals surface area contributed by atoms with Crippen LogP contribution in [-0.2, 0) is 21.4 Å². The maximum atomic E-state index is 12.8. The first-order valence-corrected chi connectivity index (χ1v) is 10.9. The number of benzene rings is 3. The van der Waals surface area contributed by atoms with Gasteiger partial charge in [0.2, 0.25) is 15.9 Å². The molecule has 0 saturated carbocycles. The van der Waals surface area contributed by atoms with Crippen LogP contribution in [0.3, 0.4) is 0 Å². The molecule has 0 bridgehead atoms. The van der Waals surface area contributed by atoms with Crippen molar-refractivity contribution < 1.29 is 13.2 Å². The first-order valence-electron chi connectivity index (χ1n) is 9.07. The van der Waals surface area contributed by atoms with Crippen molar-refractivity contribution in [3.8, 4) is 0 Å². The van der Waals surface area contributed by atoms with E-state index in [0.717, 1.165) is 5.56 Å². The minimum Gasteiger partial charge on any atom is -0.352 e. The summed E-state index contributed by atoms with van der Waals surface area (Å²) in [4.78, 5) is 12.6. The Morgan fingerprint density at radius 1 is 0.862 bits per heavy atom. The average molecular weight is 429 g/mol. The van der Waals surface area contributed by atoms with Gasteiger partial charge in [-0.1, -0.05) is 72.3 Å². The van der Waals surface area contributed by atoms with Crippen molar-refractivity contribution in [2.75, 3.05) is 0 Å². The van der Waals surface area contributed by atoms with E-state index >= 15 is 0 Å². The van der Waals surface area contributed by atoms with E-state index in [9.17, 15) is 13.2 Å². The standard InChI is InChI=1S/C22H21ClN2O3S/c23-19-11-13-20(14-12-19)29(27,28)25-21(18-9-5-2-6-10-18)15-22(26)24-16-17-7-3-1-4-8-17/h1-14,21,25H,15-16H2,(H,24,26). The predicted molar refractivity (Wildman–Crippen MR) is 114 cm³/mol. The van der Waals surface area contributed by atoms with Gasteiger partial charge in [0.1, 0.15) is 0 Å². The van der Waals surface area contributed by atoms with Gasteiger partial charge in [-0.2, -0.15) is 0 Å². The summed E-state index contributed by atoms with van der Waals surface area (Å²) in [6, 6.07) is 23.8. The number of carbonyl (C=O) groups excluding carboxylic acids is 1. The monoisotopic (exact) mass is 428 g/mol. The highest BCUT2D eigenvalue weighted by Gasteiger charge is 2.23. The second-order valence-electron chi connectivity index (χ2n) is 6.50. The fraction of sp³-hybridized carbons (Fsp3) is 0.136. The lowest BCUT2D eigenvalue weighted by Crippen LogP contribution is -2.33. The Balaban J connectivity index is 1.74. The average Bonchev–Trinajstić information content (AvgIpc) is 2.73. The summed E-state index contributed by atoms with van der Waals surface area (Å²) >= 11 is 5.85. The number of rotatable bonds is 8. The summed E-state index contributed by atoms with van der Waals surface area (Å²) in [5.74, 6) is -0.249. The zero-order valence-electron chi connectivity index (χ0n) is 15.6. The van der Waals surface area contributed by atoms with E-state index in [1.165, 1.54) is 24.3 Å². The Kier molecular flexibility index (Phi) is 7.04. The lowest BCUT2D eigenvalue weighted by molar-refractivity contribution is -0.121. The van der Waals surface area contributed by atoms with Gasteiger partial charge in [0.15, 0.2) is 0 Å². The number of halogens is 1. The zero-order chi connectivity index (χ0) is 20.7. The van der Waals surface area contributed by atoms with E-state index in [2.05, 4.69) is 10.0 Å². The lowest BCUT2D eigenvalue weighted by atomic mass is 10.0. The molecule has 0 aliphatic rings. The molecule has 0 aliphatic carbocycles. The van der Waals surface area contributed by atoms with Crippen molar-refractivity contribution in [2.45, 2.75) is 23.9 Å². The number of amides is 1. The van der Waals surface area contributed by atoms with Crippen LogP contribution in [-0.4, -0.2) is 14.3 Å². The maximum absolute atomic E-state index is 12.8. The van der Waals surface area contributed by atoms with Crippen LogP contribution in [0, 0.1) is 0 Å². The van der Waals surface area contributed by atoms with Crippen LogP contribution < -0.4 is 10.0 Å². The highest BCUT2D eigenvalue weighted by molar-refractivity contribution is 7.89. The predicted octanol–water partition coefficient (Wildman–Crippen LogP) is 4.07. The molecule has 7 heteroatoms. The van der Waals surface area contributed by atoms with E-state index in [4.69, 9.17) is 11.6 Å². The van der Waals surface area contributed by atoms with Crippen molar-refractivity contribution in [3.05, 3.63) is 101 Å². The third-order valence-electron chi connectivity index (χ3n) is 4.35. The third-order valence-corrected chi connectivity index (χ3v) is 6.08. The van der Waals surface area contributed by atoms with Crippen LogP contribution in [0.25, 0.3) is 0 Å². The molecule has 1 amide bonds. The van der Waals surface area contributed by atoms with Crippen LogP contribution in [0.2, 0.25) is 5.02 Å². The fourth-order valence-corrected chi connectivity index (χ4v) is 4.19. The summed E-state index contributed by atoms with van der Waals surface area (Å²) in [6.45, 7) is 0.380. The molecular weight excluding hydrogens is 408 g/mol. The molecule has 0 fully saturated rings. The van der Waals surface area contributed by atoms with E-state index in [1.54, 1.807) is 24.3 Å². The van der Waals surface area contributed by atoms with Crippen molar-refractivity contribution in [2.24, 2.45) is 0 Å². The van der Waals surface area contributed by atoms with Crippen molar-refractivity contribution in [1.29, 1.82) is 0 Å². The second kappa shape index (κ2) is 9.69. The Morgan fingerprint density at radius 2 is 1.45 bits per heavy atom.